The number of hydrogen-bond acceptors (Lipinski definition) is 4. The Morgan fingerprint density at radius 3 is 2.50 bits per heavy atom. The van der Waals surface area contributed by atoms with Gasteiger partial charge in [0.25, 0.3) is 0 Å². The van der Waals surface area contributed by atoms with Gasteiger partial charge in [0.2, 0.25) is 10.0 Å². The van der Waals surface area contributed by atoms with Crippen LogP contribution in [0.4, 0.5) is 0 Å². The lowest BCUT2D eigenvalue weighted by Gasteiger charge is -2.21. The molecule has 2 saturated carbocycles. The maximum Gasteiger partial charge on any atom is 0.310 e. The van der Waals surface area contributed by atoms with Crippen LogP contribution >= 0.6 is 0 Å². The second kappa shape index (κ2) is 6.43. The van der Waals surface area contributed by atoms with Crippen LogP contribution in [0.5, 0.6) is 0 Å². The molecular formula is C14H25NO4S. The first-order valence-corrected chi connectivity index (χ1v) is 9.06. The van der Waals surface area contributed by atoms with E-state index in [4.69, 9.17) is 4.74 Å². The zero-order valence-electron chi connectivity index (χ0n) is 12.3. The van der Waals surface area contributed by atoms with Crippen molar-refractivity contribution >= 4 is 16.0 Å². The molecular weight excluding hydrogens is 278 g/mol. The highest BCUT2D eigenvalue weighted by Crippen LogP contribution is 2.33. The normalized spacial score (nSPS) is 34.3. The lowest BCUT2D eigenvalue weighted by atomic mass is 9.99. The third kappa shape index (κ3) is 3.34. The van der Waals surface area contributed by atoms with Crippen LogP contribution < -0.4 is 4.72 Å². The highest BCUT2D eigenvalue weighted by Gasteiger charge is 2.42. The van der Waals surface area contributed by atoms with E-state index in [-0.39, 0.29) is 0 Å². The van der Waals surface area contributed by atoms with Crippen molar-refractivity contribution in [2.75, 3.05) is 13.7 Å². The second-order valence-electron chi connectivity index (χ2n) is 6.16. The number of nitrogens with one attached hydrogen (secondary N) is 1. The third-order valence-corrected chi connectivity index (χ3v) is 6.87. The molecule has 0 aliphatic heterocycles. The Kier molecular flexibility index (Phi) is 5.07. The van der Waals surface area contributed by atoms with Crippen molar-refractivity contribution in [1.82, 2.24) is 4.72 Å². The number of methoxy groups -OCH3 is 1. The molecule has 0 aromatic carbocycles. The highest BCUT2D eigenvalue weighted by molar-refractivity contribution is 7.90. The van der Waals surface area contributed by atoms with E-state index >= 15 is 0 Å². The topological polar surface area (TPSA) is 72.5 Å². The molecule has 116 valence electrons. The van der Waals surface area contributed by atoms with Gasteiger partial charge >= 0.3 is 5.97 Å². The summed E-state index contributed by atoms with van der Waals surface area (Å²) in [5.41, 5.74) is 0. The van der Waals surface area contributed by atoms with E-state index in [1.54, 1.807) is 0 Å². The van der Waals surface area contributed by atoms with Crippen molar-refractivity contribution in [3.05, 3.63) is 0 Å². The summed E-state index contributed by atoms with van der Waals surface area (Å²) in [6.45, 7) is 2.69. The van der Waals surface area contributed by atoms with Crippen molar-refractivity contribution in [2.45, 2.75) is 50.7 Å². The van der Waals surface area contributed by atoms with Crippen molar-refractivity contribution in [1.29, 1.82) is 0 Å². The number of hydrogen-bond donors (Lipinski definition) is 1. The molecule has 0 aromatic rings. The van der Waals surface area contributed by atoms with Crippen LogP contribution in [0.15, 0.2) is 0 Å². The number of esters is 1. The average Bonchev–Trinajstić information content (AvgIpc) is 3.04. The first-order chi connectivity index (χ1) is 9.45. The highest BCUT2D eigenvalue weighted by atomic mass is 32.2. The summed E-state index contributed by atoms with van der Waals surface area (Å²) in [6, 6.07) is 0. The van der Waals surface area contributed by atoms with Crippen LogP contribution in [0, 0.1) is 17.8 Å². The minimum atomic E-state index is -3.43. The lowest BCUT2D eigenvalue weighted by molar-refractivity contribution is -0.145. The zero-order chi connectivity index (χ0) is 14.8. The van der Waals surface area contributed by atoms with Crippen molar-refractivity contribution in [3.8, 4) is 0 Å². The maximum absolute atomic E-state index is 12.4. The first-order valence-electron chi connectivity index (χ1n) is 7.52. The molecule has 2 rings (SSSR count). The molecule has 0 spiro atoms. The minimum Gasteiger partial charge on any atom is -0.469 e. The van der Waals surface area contributed by atoms with Crippen LogP contribution in [-0.2, 0) is 19.6 Å². The maximum atomic E-state index is 12.4. The molecule has 4 unspecified atom stereocenters. The fourth-order valence-electron chi connectivity index (χ4n) is 3.57. The summed E-state index contributed by atoms with van der Waals surface area (Å²) in [7, 11) is -2.11. The number of carbonyl (C=O) groups excluding carboxylic acids is 1. The molecule has 0 saturated heterocycles. The van der Waals surface area contributed by atoms with Gasteiger partial charge in [-0.05, 0) is 31.1 Å². The van der Waals surface area contributed by atoms with Gasteiger partial charge in [-0.3, -0.25) is 4.79 Å². The predicted molar refractivity (Wildman–Crippen MR) is 76.6 cm³/mol. The Morgan fingerprint density at radius 1 is 1.20 bits per heavy atom. The monoisotopic (exact) mass is 303 g/mol. The molecule has 0 amide bonds. The summed E-state index contributed by atoms with van der Waals surface area (Å²) < 4.78 is 32.3. The number of rotatable bonds is 5. The molecule has 5 nitrogen and oxygen atoms in total. The van der Waals surface area contributed by atoms with E-state index in [2.05, 4.69) is 11.6 Å². The van der Waals surface area contributed by atoms with Crippen molar-refractivity contribution < 1.29 is 17.9 Å². The fourth-order valence-corrected chi connectivity index (χ4v) is 5.39. The first kappa shape index (κ1) is 15.8. The van der Waals surface area contributed by atoms with Gasteiger partial charge in [0.1, 0.15) is 0 Å². The smallest absolute Gasteiger partial charge is 0.310 e. The predicted octanol–water partition coefficient (Wildman–Crippen LogP) is 1.68. The van der Waals surface area contributed by atoms with E-state index in [0.29, 0.717) is 31.2 Å². The summed E-state index contributed by atoms with van der Waals surface area (Å²) >= 11 is 0. The molecule has 1 N–H and O–H groups in total. The van der Waals surface area contributed by atoms with E-state index in [1.807, 2.05) is 0 Å². The molecule has 0 aromatic heterocycles. The summed E-state index contributed by atoms with van der Waals surface area (Å²) in [4.78, 5) is 11.7. The van der Waals surface area contributed by atoms with Gasteiger partial charge in [-0.1, -0.05) is 26.2 Å². The van der Waals surface area contributed by atoms with Crippen LogP contribution in [-0.4, -0.2) is 33.3 Å². The number of sulfonamides is 1. The molecule has 0 heterocycles. The van der Waals surface area contributed by atoms with Gasteiger partial charge in [0.05, 0.1) is 18.3 Å². The zero-order valence-corrected chi connectivity index (χ0v) is 13.1. The molecule has 2 fully saturated rings. The SMILES string of the molecule is COC(=O)C1CCCC1S(=O)(=O)NCC1CCCC1C. The van der Waals surface area contributed by atoms with E-state index in [0.717, 1.165) is 12.8 Å². The Morgan fingerprint density at radius 2 is 1.90 bits per heavy atom. The molecule has 2 aliphatic rings. The van der Waals surface area contributed by atoms with Crippen LogP contribution in [0.3, 0.4) is 0 Å². The summed E-state index contributed by atoms with van der Waals surface area (Å²) in [5.74, 6) is 0.117. The third-order valence-electron chi connectivity index (χ3n) is 4.94. The quantitative estimate of drug-likeness (QED) is 0.784. The van der Waals surface area contributed by atoms with Gasteiger partial charge in [0.15, 0.2) is 0 Å². The van der Waals surface area contributed by atoms with Crippen LogP contribution in [0.25, 0.3) is 0 Å². The van der Waals surface area contributed by atoms with Crippen molar-refractivity contribution in [3.63, 3.8) is 0 Å². The van der Waals surface area contributed by atoms with E-state index in [9.17, 15) is 13.2 Å². The Balaban J connectivity index is 1.97. The van der Waals surface area contributed by atoms with Crippen molar-refractivity contribution in [2.24, 2.45) is 17.8 Å². The van der Waals surface area contributed by atoms with Crippen LogP contribution in [0.1, 0.15) is 45.4 Å². The molecule has 6 heteroatoms. The molecule has 2 aliphatic carbocycles. The molecule has 0 radical (unpaired) electrons. The number of ether oxygens (including phenoxy) is 1. The molecule has 20 heavy (non-hydrogen) atoms. The number of carbonyl (C=O) groups is 1. The van der Waals surface area contributed by atoms with E-state index in [1.165, 1.54) is 20.0 Å². The summed E-state index contributed by atoms with van der Waals surface area (Å²) in [5, 5.41) is -0.619. The van der Waals surface area contributed by atoms with Crippen LogP contribution in [0.2, 0.25) is 0 Å². The molecule has 4 atom stereocenters. The van der Waals surface area contributed by atoms with E-state index < -0.39 is 27.2 Å². The van der Waals surface area contributed by atoms with Gasteiger partial charge in [-0.25, -0.2) is 13.1 Å². The lowest BCUT2D eigenvalue weighted by Crippen LogP contribution is -2.41. The second-order valence-corrected chi connectivity index (χ2v) is 8.14. The Bertz CT molecular complexity index is 448. The minimum absolute atomic E-state index is 0.396. The largest absolute Gasteiger partial charge is 0.469 e. The standard InChI is InChI=1S/C14H25NO4S/c1-10-5-3-6-11(10)9-15-20(17,18)13-8-4-7-12(13)14(16)19-2/h10-13,15H,3-9H2,1-2H3. The van der Waals surface area contributed by atoms with Gasteiger partial charge in [0, 0.05) is 6.54 Å². The Labute approximate surface area is 121 Å². The average molecular weight is 303 g/mol. The summed E-state index contributed by atoms with van der Waals surface area (Å²) in [6.07, 6.45) is 5.38. The Hall–Kier alpha value is -0.620. The molecule has 0 bridgehead atoms. The van der Waals surface area contributed by atoms with Gasteiger partial charge in [-0.15, -0.1) is 0 Å². The van der Waals surface area contributed by atoms with Gasteiger partial charge in [-0.2, -0.15) is 0 Å². The van der Waals surface area contributed by atoms with Gasteiger partial charge < -0.3 is 4.74 Å². The fraction of sp³-hybridized carbons (Fsp3) is 0.929.